The topological polar surface area (TPSA) is 0 Å². The summed E-state index contributed by atoms with van der Waals surface area (Å²) in [7, 11) is 0. The minimum absolute atomic E-state index is 0.498. The molecule has 0 aliphatic heterocycles. The summed E-state index contributed by atoms with van der Waals surface area (Å²) in [5.74, 6) is 2.56. The number of hydrogen-bond acceptors (Lipinski definition) is 0. The van der Waals surface area contributed by atoms with Crippen LogP contribution < -0.4 is 0 Å². The summed E-state index contributed by atoms with van der Waals surface area (Å²) in [6.45, 7) is 16.7. The monoisotopic (exact) mass is 198 g/mol. The van der Waals surface area contributed by atoms with Crippen molar-refractivity contribution in [1.82, 2.24) is 0 Å². The van der Waals surface area contributed by atoms with E-state index in [9.17, 15) is 0 Å². The summed E-state index contributed by atoms with van der Waals surface area (Å²) >= 11 is 0. The van der Waals surface area contributed by atoms with Gasteiger partial charge in [0, 0.05) is 0 Å². The molecule has 86 valence electrons. The highest BCUT2D eigenvalue weighted by atomic mass is 14.4. The normalized spacial score (nSPS) is 19.1. The highest BCUT2D eigenvalue weighted by Gasteiger charge is 2.31. The van der Waals surface area contributed by atoms with Crippen molar-refractivity contribution in [3.63, 3.8) is 0 Å². The molecule has 0 aliphatic rings. The first-order valence-corrected chi connectivity index (χ1v) is 6.36. The van der Waals surface area contributed by atoms with Crippen LogP contribution in [0.3, 0.4) is 0 Å². The van der Waals surface area contributed by atoms with E-state index in [0.717, 1.165) is 17.8 Å². The molecule has 0 fully saturated rings. The molecular formula is C14H30. The Labute approximate surface area is 91.5 Å². The molecule has 0 heterocycles. The smallest absolute Gasteiger partial charge is 0.0303 e. The molecule has 14 heavy (non-hydrogen) atoms. The van der Waals surface area contributed by atoms with Gasteiger partial charge >= 0.3 is 0 Å². The van der Waals surface area contributed by atoms with Crippen LogP contribution in [-0.2, 0) is 0 Å². The van der Waals surface area contributed by atoms with Crippen LogP contribution in [0.5, 0.6) is 0 Å². The predicted molar refractivity (Wildman–Crippen MR) is 66.5 cm³/mol. The lowest BCUT2D eigenvalue weighted by atomic mass is 9.67. The second kappa shape index (κ2) is 5.78. The van der Waals surface area contributed by atoms with Crippen molar-refractivity contribution in [2.45, 2.75) is 67.7 Å². The van der Waals surface area contributed by atoms with Gasteiger partial charge in [-0.3, -0.25) is 0 Å². The van der Waals surface area contributed by atoms with Crippen molar-refractivity contribution in [3.8, 4) is 0 Å². The molecule has 3 unspecified atom stereocenters. The van der Waals surface area contributed by atoms with E-state index in [4.69, 9.17) is 0 Å². The molecule has 0 nitrogen and oxygen atoms in total. The van der Waals surface area contributed by atoms with E-state index in [1.165, 1.54) is 19.3 Å². The van der Waals surface area contributed by atoms with E-state index in [1.807, 2.05) is 0 Å². The van der Waals surface area contributed by atoms with E-state index in [2.05, 4.69) is 48.5 Å². The van der Waals surface area contributed by atoms with Crippen LogP contribution in [0.1, 0.15) is 67.7 Å². The molecule has 0 aromatic heterocycles. The molecule has 0 rings (SSSR count). The largest absolute Gasteiger partial charge is 0.0651 e. The molecular weight excluding hydrogens is 168 g/mol. The van der Waals surface area contributed by atoms with Gasteiger partial charge in [0.2, 0.25) is 0 Å². The zero-order valence-electron chi connectivity index (χ0n) is 11.4. The first-order valence-electron chi connectivity index (χ1n) is 6.36. The highest BCUT2D eigenvalue weighted by molar-refractivity contribution is 4.80. The van der Waals surface area contributed by atoms with Gasteiger partial charge in [-0.2, -0.15) is 0 Å². The van der Waals surface area contributed by atoms with E-state index >= 15 is 0 Å². The molecule has 0 amide bonds. The Kier molecular flexibility index (Phi) is 5.78. The molecule has 0 aliphatic carbocycles. The van der Waals surface area contributed by atoms with Crippen LogP contribution in [0.2, 0.25) is 0 Å². The number of rotatable bonds is 6. The van der Waals surface area contributed by atoms with Gasteiger partial charge in [0.1, 0.15) is 0 Å². The molecule has 0 spiro atoms. The second-order valence-corrected chi connectivity index (χ2v) is 5.78. The van der Waals surface area contributed by atoms with Crippen molar-refractivity contribution < 1.29 is 0 Å². The standard InChI is InChI=1S/C14H30/c1-8-11(3)10-13(5)14(6,7)12(4)9-2/h11-13H,8-10H2,1-7H3. The molecule has 0 saturated heterocycles. The average Bonchev–Trinajstić information content (AvgIpc) is 2.15. The van der Waals surface area contributed by atoms with Crippen LogP contribution in [0, 0.1) is 23.2 Å². The van der Waals surface area contributed by atoms with E-state index < -0.39 is 0 Å². The fraction of sp³-hybridized carbons (Fsp3) is 1.00. The van der Waals surface area contributed by atoms with E-state index in [0.29, 0.717) is 5.41 Å². The molecule has 0 bridgehead atoms. The zero-order valence-corrected chi connectivity index (χ0v) is 11.4. The van der Waals surface area contributed by atoms with Crippen LogP contribution in [-0.4, -0.2) is 0 Å². The third kappa shape index (κ3) is 3.63. The zero-order chi connectivity index (χ0) is 11.4. The van der Waals surface area contributed by atoms with Gasteiger partial charge in [-0.15, -0.1) is 0 Å². The second-order valence-electron chi connectivity index (χ2n) is 5.78. The van der Waals surface area contributed by atoms with Gasteiger partial charge in [-0.25, -0.2) is 0 Å². The Balaban J connectivity index is 4.27. The molecule has 0 aromatic rings. The summed E-state index contributed by atoms with van der Waals surface area (Å²) in [4.78, 5) is 0. The minimum atomic E-state index is 0.498. The van der Waals surface area contributed by atoms with Gasteiger partial charge in [0.15, 0.2) is 0 Å². The van der Waals surface area contributed by atoms with Crippen LogP contribution >= 0.6 is 0 Å². The maximum absolute atomic E-state index is 2.44. The van der Waals surface area contributed by atoms with Gasteiger partial charge in [0.25, 0.3) is 0 Å². The van der Waals surface area contributed by atoms with Crippen LogP contribution in [0.4, 0.5) is 0 Å². The lowest BCUT2D eigenvalue weighted by molar-refractivity contribution is 0.114. The minimum Gasteiger partial charge on any atom is -0.0651 e. The Hall–Kier alpha value is 0. The predicted octanol–water partition coefficient (Wildman–Crippen LogP) is 5.13. The van der Waals surface area contributed by atoms with Crippen molar-refractivity contribution >= 4 is 0 Å². The summed E-state index contributed by atoms with van der Waals surface area (Å²) < 4.78 is 0. The summed E-state index contributed by atoms with van der Waals surface area (Å²) in [5, 5.41) is 0. The third-order valence-electron chi connectivity index (χ3n) is 4.61. The highest BCUT2D eigenvalue weighted by Crippen LogP contribution is 2.40. The average molecular weight is 198 g/mol. The molecule has 0 saturated carbocycles. The SMILES string of the molecule is CCC(C)CC(C)C(C)(C)C(C)CC. The van der Waals surface area contributed by atoms with Crippen molar-refractivity contribution in [1.29, 1.82) is 0 Å². The summed E-state index contributed by atoms with van der Waals surface area (Å²) in [5.41, 5.74) is 0.498. The van der Waals surface area contributed by atoms with Crippen molar-refractivity contribution in [3.05, 3.63) is 0 Å². The fourth-order valence-electron chi connectivity index (χ4n) is 2.09. The third-order valence-corrected chi connectivity index (χ3v) is 4.61. The van der Waals surface area contributed by atoms with Gasteiger partial charge in [-0.1, -0.05) is 61.3 Å². The first kappa shape index (κ1) is 14.0. The summed E-state index contributed by atoms with van der Waals surface area (Å²) in [6, 6.07) is 0. The fourth-order valence-corrected chi connectivity index (χ4v) is 2.09. The number of hydrogen-bond donors (Lipinski definition) is 0. The van der Waals surface area contributed by atoms with E-state index in [1.54, 1.807) is 0 Å². The Morgan fingerprint density at radius 2 is 1.36 bits per heavy atom. The quantitative estimate of drug-likeness (QED) is 0.555. The van der Waals surface area contributed by atoms with E-state index in [-0.39, 0.29) is 0 Å². The van der Waals surface area contributed by atoms with Crippen LogP contribution in [0.25, 0.3) is 0 Å². The first-order chi connectivity index (χ1) is 6.36. The Bertz CT molecular complexity index is 146. The molecule has 3 atom stereocenters. The van der Waals surface area contributed by atoms with Crippen molar-refractivity contribution in [2.24, 2.45) is 23.2 Å². The van der Waals surface area contributed by atoms with Crippen LogP contribution in [0.15, 0.2) is 0 Å². The lowest BCUT2D eigenvalue weighted by Gasteiger charge is -2.38. The molecule has 0 radical (unpaired) electrons. The van der Waals surface area contributed by atoms with Crippen molar-refractivity contribution in [2.75, 3.05) is 0 Å². The van der Waals surface area contributed by atoms with Gasteiger partial charge in [-0.05, 0) is 29.6 Å². The van der Waals surface area contributed by atoms with Gasteiger partial charge in [0.05, 0.1) is 0 Å². The summed E-state index contributed by atoms with van der Waals surface area (Å²) in [6.07, 6.45) is 4.01. The maximum atomic E-state index is 2.44. The lowest BCUT2D eigenvalue weighted by Crippen LogP contribution is -2.30. The molecule has 0 heteroatoms. The van der Waals surface area contributed by atoms with Gasteiger partial charge < -0.3 is 0 Å². The molecule has 0 N–H and O–H groups in total. The molecule has 0 aromatic carbocycles. The maximum Gasteiger partial charge on any atom is -0.0303 e. The Morgan fingerprint density at radius 3 is 1.71 bits per heavy atom. The Morgan fingerprint density at radius 1 is 0.857 bits per heavy atom.